The lowest BCUT2D eigenvalue weighted by Crippen LogP contribution is -2.44. The maximum Gasteiger partial charge on any atom is 0.119 e. The number of aliphatic hydroxyl groups is 1. The number of aliphatic hydroxyl groups excluding tert-OH is 1. The number of nitriles is 1. The van der Waals surface area contributed by atoms with Gasteiger partial charge >= 0.3 is 0 Å². The van der Waals surface area contributed by atoms with E-state index < -0.39 is 6.10 Å². The van der Waals surface area contributed by atoms with Gasteiger partial charge in [-0.25, -0.2) is 0 Å². The second-order valence-electron chi connectivity index (χ2n) is 8.31. The number of rotatable bonds is 9. The molecule has 7 nitrogen and oxygen atoms in total. The summed E-state index contributed by atoms with van der Waals surface area (Å²) in [6.07, 6.45) is 3.25. The van der Waals surface area contributed by atoms with Crippen molar-refractivity contribution >= 4 is 10.9 Å². The molecule has 0 aliphatic carbocycles. The zero-order chi connectivity index (χ0) is 23.0. The van der Waals surface area contributed by atoms with Gasteiger partial charge in [0, 0.05) is 30.7 Å². The van der Waals surface area contributed by atoms with Gasteiger partial charge in [-0.2, -0.15) is 5.26 Å². The minimum absolute atomic E-state index is 0.453. The van der Waals surface area contributed by atoms with Gasteiger partial charge in [-0.15, -0.1) is 0 Å². The van der Waals surface area contributed by atoms with Crippen molar-refractivity contribution in [2.24, 2.45) is 0 Å². The van der Waals surface area contributed by atoms with Crippen LogP contribution in [0.1, 0.15) is 30.1 Å². The largest absolute Gasteiger partial charge is 0.497 e. The summed E-state index contributed by atoms with van der Waals surface area (Å²) in [5.41, 5.74) is 2.38. The third-order valence-corrected chi connectivity index (χ3v) is 6.15. The van der Waals surface area contributed by atoms with E-state index in [2.05, 4.69) is 21.3 Å². The normalized spacial score (nSPS) is 15.8. The summed E-state index contributed by atoms with van der Waals surface area (Å²) in [6.45, 7) is 3.85. The number of ether oxygens (including phenoxy) is 2. The number of aromatic nitrogens is 1. The van der Waals surface area contributed by atoms with Crippen LogP contribution in [0.25, 0.3) is 10.9 Å². The van der Waals surface area contributed by atoms with Gasteiger partial charge in [-0.05, 0) is 80.0 Å². The minimum atomic E-state index is -0.576. The number of piperidine rings is 1. The summed E-state index contributed by atoms with van der Waals surface area (Å²) in [5, 5.41) is 24.3. The number of hydrogen-bond acceptors (Lipinski definition) is 7. The summed E-state index contributed by atoms with van der Waals surface area (Å²) < 4.78 is 11.1. The predicted octanol–water partition coefficient (Wildman–Crippen LogP) is 3.28. The molecule has 1 aliphatic heterocycles. The van der Waals surface area contributed by atoms with E-state index in [1.54, 1.807) is 25.4 Å². The molecule has 2 heterocycles. The summed E-state index contributed by atoms with van der Waals surface area (Å²) in [4.78, 5) is 6.73. The molecule has 0 bridgehead atoms. The highest BCUT2D eigenvalue weighted by Gasteiger charge is 2.22. The third kappa shape index (κ3) is 5.99. The Morgan fingerprint density at radius 1 is 1.15 bits per heavy atom. The molecule has 1 aromatic heterocycles. The van der Waals surface area contributed by atoms with Gasteiger partial charge in [0.15, 0.2) is 0 Å². The number of nitrogens with one attached hydrogen (secondary N) is 1. The fourth-order valence-electron chi connectivity index (χ4n) is 4.28. The van der Waals surface area contributed by atoms with E-state index in [-0.39, 0.29) is 0 Å². The molecule has 0 spiro atoms. The second-order valence-corrected chi connectivity index (χ2v) is 8.31. The number of pyridine rings is 1. The van der Waals surface area contributed by atoms with E-state index in [0.29, 0.717) is 24.8 Å². The molecule has 3 aromatic rings. The molecule has 1 atom stereocenters. The standard InChI is InChI=1S/C26H30N4O3/c1-32-22-6-7-25-24(16-22)23(8-11-29-25)26(31)18-30-13-9-20(10-14-30)28-12-15-33-21-4-2-19(17-27)3-5-21/h2-8,11,16,20,26,28,31H,9-10,12-15,18H2,1H3/t26-/m0/s1. The Hall–Kier alpha value is -3.18. The molecule has 7 heteroatoms. The number of nitrogens with zero attached hydrogens (tertiary/aromatic N) is 3. The Balaban J connectivity index is 1.21. The van der Waals surface area contributed by atoms with Gasteiger partial charge in [-0.3, -0.25) is 4.98 Å². The number of hydrogen-bond donors (Lipinski definition) is 2. The number of benzene rings is 2. The highest BCUT2D eigenvalue weighted by molar-refractivity contribution is 5.83. The molecule has 0 amide bonds. The number of methoxy groups -OCH3 is 1. The number of fused-ring (bicyclic) bond motifs is 1. The maximum absolute atomic E-state index is 11.0. The minimum Gasteiger partial charge on any atom is -0.497 e. The monoisotopic (exact) mass is 446 g/mol. The summed E-state index contributed by atoms with van der Waals surface area (Å²) in [5.74, 6) is 1.54. The molecule has 33 heavy (non-hydrogen) atoms. The van der Waals surface area contributed by atoms with Crippen molar-refractivity contribution < 1.29 is 14.6 Å². The summed E-state index contributed by atoms with van der Waals surface area (Å²) in [6, 6.07) is 17.4. The van der Waals surface area contributed by atoms with Crippen LogP contribution in [0, 0.1) is 11.3 Å². The topological polar surface area (TPSA) is 90.6 Å². The fraction of sp³-hybridized carbons (Fsp3) is 0.385. The lowest BCUT2D eigenvalue weighted by molar-refractivity contribution is 0.0946. The van der Waals surface area contributed by atoms with Crippen LogP contribution in [-0.2, 0) is 0 Å². The van der Waals surface area contributed by atoms with E-state index in [9.17, 15) is 5.11 Å². The number of likely N-dealkylation sites (tertiary alicyclic amines) is 1. The third-order valence-electron chi connectivity index (χ3n) is 6.15. The molecular formula is C26H30N4O3. The zero-order valence-corrected chi connectivity index (χ0v) is 18.9. The molecule has 0 unspecified atom stereocenters. The van der Waals surface area contributed by atoms with E-state index in [1.807, 2.05) is 36.4 Å². The van der Waals surface area contributed by atoms with Crippen LogP contribution in [-0.4, -0.2) is 60.9 Å². The van der Waals surface area contributed by atoms with Crippen LogP contribution in [0.5, 0.6) is 11.5 Å². The maximum atomic E-state index is 11.0. The molecular weight excluding hydrogens is 416 g/mol. The van der Waals surface area contributed by atoms with Crippen molar-refractivity contribution in [2.75, 3.05) is 39.9 Å². The predicted molar refractivity (Wildman–Crippen MR) is 127 cm³/mol. The van der Waals surface area contributed by atoms with Crippen LogP contribution in [0.3, 0.4) is 0 Å². The van der Waals surface area contributed by atoms with E-state index in [1.165, 1.54) is 0 Å². The molecule has 4 rings (SSSR count). The van der Waals surface area contributed by atoms with Crippen LogP contribution in [0.4, 0.5) is 0 Å². The van der Waals surface area contributed by atoms with Gasteiger partial charge in [0.2, 0.25) is 0 Å². The summed E-state index contributed by atoms with van der Waals surface area (Å²) >= 11 is 0. The molecule has 172 valence electrons. The molecule has 0 radical (unpaired) electrons. The van der Waals surface area contributed by atoms with E-state index in [4.69, 9.17) is 14.7 Å². The van der Waals surface area contributed by atoms with Gasteiger partial charge in [-0.1, -0.05) is 0 Å². The van der Waals surface area contributed by atoms with Gasteiger partial charge in [0.1, 0.15) is 18.1 Å². The Bertz CT molecular complexity index is 1090. The van der Waals surface area contributed by atoms with Crippen molar-refractivity contribution in [2.45, 2.75) is 25.0 Å². The van der Waals surface area contributed by atoms with Crippen molar-refractivity contribution in [3.05, 3.63) is 65.9 Å². The first-order chi connectivity index (χ1) is 16.2. The van der Waals surface area contributed by atoms with Crippen molar-refractivity contribution in [1.29, 1.82) is 5.26 Å². The van der Waals surface area contributed by atoms with Crippen molar-refractivity contribution in [1.82, 2.24) is 15.2 Å². The average molecular weight is 447 g/mol. The van der Waals surface area contributed by atoms with Crippen molar-refractivity contribution in [3.8, 4) is 17.6 Å². The highest BCUT2D eigenvalue weighted by atomic mass is 16.5. The first-order valence-corrected chi connectivity index (χ1v) is 11.4. The number of β-amino-alcohol motifs (C(OH)–C–C–N with tert-alkyl or cyclic N) is 1. The Morgan fingerprint density at radius 2 is 1.91 bits per heavy atom. The molecule has 1 fully saturated rings. The molecule has 2 aromatic carbocycles. The van der Waals surface area contributed by atoms with Crippen LogP contribution in [0.15, 0.2) is 54.7 Å². The average Bonchev–Trinajstić information content (AvgIpc) is 2.87. The lowest BCUT2D eigenvalue weighted by Gasteiger charge is -2.33. The first-order valence-electron chi connectivity index (χ1n) is 11.4. The second kappa shape index (κ2) is 11.1. The molecule has 1 aliphatic rings. The first kappa shape index (κ1) is 23.0. The van der Waals surface area contributed by atoms with E-state index in [0.717, 1.165) is 60.4 Å². The van der Waals surface area contributed by atoms with Crippen LogP contribution >= 0.6 is 0 Å². The highest BCUT2D eigenvalue weighted by Crippen LogP contribution is 2.27. The Labute approximate surface area is 194 Å². The molecule has 2 N–H and O–H groups in total. The van der Waals surface area contributed by atoms with Gasteiger partial charge < -0.3 is 24.8 Å². The van der Waals surface area contributed by atoms with Crippen LogP contribution < -0.4 is 14.8 Å². The summed E-state index contributed by atoms with van der Waals surface area (Å²) in [7, 11) is 1.64. The van der Waals surface area contributed by atoms with Gasteiger partial charge in [0.25, 0.3) is 0 Å². The smallest absolute Gasteiger partial charge is 0.119 e. The molecule has 0 saturated carbocycles. The van der Waals surface area contributed by atoms with Gasteiger partial charge in [0.05, 0.1) is 30.4 Å². The van der Waals surface area contributed by atoms with E-state index >= 15 is 0 Å². The van der Waals surface area contributed by atoms with Crippen molar-refractivity contribution in [3.63, 3.8) is 0 Å². The Morgan fingerprint density at radius 3 is 2.64 bits per heavy atom. The quantitative estimate of drug-likeness (QED) is 0.488. The van der Waals surface area contributed by atoms with Crippen LogP contribution in [0.2, 0.25) is 0 Å². The SMILES string of the molecule is COc1ccc2nccc([C@@H](O)CN3CCC(NCCOc4ccc(C#N)cc4)CC3)c2c1. The zero-order valence-electron chi connectivity index (χ0n) is 18.9. The molecule has 1 saturated heterocycles. The lowest BCUT2D eigenvalue weighted by atomic mass is 10.0. The Kier molecular flexibility index (Phi) is 7.74. The fourth-order valence-corrected chi connectivity index (χ4v) is 4.28.